The van der Waals surface area contributed by atoms with Crippen LogP contribution in [0.15, 0.2) is 0 Å². The predicted octanol–water partition coefficient (Wildman–Crippen LogP) is 0.267. The highest BCUT2D eigenvalue weighted by atomic mass is 16.3. The first kappa shape index (κ1) is 11.5. The van der Waals surface area contributed by atoms with Crippen LogP contribution in [0.2, 0.25) is 0 Å². The summed E-state index contributed by atoms with van der Waals surface area (Å²) in [6.07, 6.45) is 0. The SMILES string of the molecule is CN1C(C)(C)C(=O)N(CCO)C1(C)C. The summed E-state index contributed by atoms with van der Waals surface area (Å²) < 4.78 is 0. The van der Waals surface area contributed by atoms with Gasteiger partial charge in [0.1, 0.15) is 0 Å². The summed E-state index contributed by atoms with van der Waals surface area (Å²) in [6.45, 7) is 8.23. The quantitative estimate of drug-likeness (QED) is 0.695. The highest BCUT2D eigenvalue weighted by Gasteiger charge is 2.53. The zero-order valence-corrected chi connectivity index (χ0v) is 9.66. The van der Waals surface area contributed by atoms with Gasteiger partial charge in [-0.15, -0.1) is 0 Å². The van der Waals surface area contributed by atoms with Crippen LogP contribution in [-0.2, 0) is 4.79 Å². The zero-order valence-electron chi connectivity index (χ0n) is 9.66. The Hall–Kier alpha value is -0.610. The van der Waals surface area contributed by atoms with E-state index in [1.54, 1.807) is 4.90 Å². The molecule has 1 N–H and O–H groups in total. The van der Waals surface area contributed by atoms with Crippen LogP contribution in [0.1, 0.15) is 27.7 Å². The summed E-state index contributed by atoms with van der Waals surface area (Å²) in [6, 6.07) is 0. The molecular formula is C10H20N2O2. The first-order chi connectivity index (χ1) is 6.26. The van der Waals surface area contributed by atoms with Crippen molar-refractivity contribution >= 4 is 5.91 Å². The molecule has 1 rings (SSSR count). The first-order valence-corrected chi connectivity index (χ1v) is 4.93. The van der Waals surface area contributed by atoms with E-state index in [1.165, 1.54) is 0 Å². The van der Waals surface area contributed by atoms with Crippen molar-refractivity contribution in [3.63, 3.8) is 0 Å². The van der Waals surface area contributed by atoms with Gasteiger partial charge in [-0.2, -0.15) is 0 Å². The normalized spacial score (nSPS) is 25.9. The van der Waals surface area contributed by atoms with E-state index in [0.29, 0.717) is 6.54 Å². The van der Waals surface area contributed by atoms with Gasteiger partial charge in [-0.3, -0.25) is 9.69 Å². The van der Waals surface area contributed by atoms with Gasteiger partial charge in [-0.25, -0.2) is 0 Å². The van der Waals surface area contributed by atoms with Crippen LogP contribution in [0.4, 0.5) is 0 Å². The molecule has 0 radical (unpaired) electrons. The summed E-state index contributed by atoms with van der Waals surface area (Å²) in [5.41, 5.74) is -0.790. The molecule has 0 atom stereocenters. The highest BCUT2D eigenvalue weighted by Crippen LogP contribution is 2.36. The number of carbonyl (C=O) groups excluding carboxylic acids is 1. The van der Waals surface area contributed by atoms with Crippen LogP contribution in [-0.4, -0.2) is 52.2 Å². The van der Waals surface area contributed by atoms with Gasteiger partial charge in [0, 0.05) is 6.54 Å². The molecule has 1 fully saturated rings. The molecule has 0 saturated carbocycles. The van der Waals surface area contributed by atoms with Gasteiger partial charge in [0.25, 0.3) is 0 Å². The van der Waals surface area contributed by atoms with E-state index in [0.717, 1.165) is 0 Å². The molecule has 0 unspecified atom stereocenters. The van der Waals surface area contributed by atoms with Crippen molar-refractivity contribution in [2.45, 2.75) is 38.9 Å². The fourth-order valence-corrected chi connectivity index (χ4v) is 2.06. The summed E-state index contributed by atoms with van der Waals surface area (Å²) in [5.74, 6) is 0.0825. The minimum atomic E-state index is -0.474. The molecule has 1 aliphatic rings. The maximum absolute atomic E-state index is 12.0. The monoisotopic (exact) mass is 200 g/mol. The zero-order chi connectivity index (χ0) is 11.1. The molecule has 1 aliphatic heterocycles. The third kappa shape index (κ3) is 1.33. The van der Waals surface area contributed by atoms with Gasteiger partial charge < -0.3 is 10.0 Å². The van der Waals surface area contributed by atoms with Crippen molar-refractivity contribution in [1.29, 1.82) is 0 Å². The van der Waals surface area contributed by atoms with E-state index in [9.17, 15) is 4.79 Å². The van der Waals surface area contributed by atoms with E-state index < -0.39 is 5.54 Å². The molecule has 0 aliphatic carbocycles. The number of likely N-dealkylation sites (N-methyl/N-ethyl adjacent to an activating group) is 1. The average Bonchev–Trinajstić information content (AvgIpc) is 2.19. The fourth-order valence-electron chi connectivity index (χ4n) is 2.06. The second-order valence-electron chi connectivity index (χ2n) is 4.79. The molecule has 0 aromatic heterocycles. The van der Waals surface area contributed by atoms with E-state index >= 15 is 0 Å². The van der Waals surface area contributed by atoms with Crippen molar-refractivity contribution in [3.8, 4) is 0 Å². The molecule has 0 bridgehead atoms. The fraction of sp³-hybridized carbons (Fsp3) is 0.900. The topological polar surface area (TPSA) is 43.8 Å². The number of aliphatic hydroxyl groups excluding tert-OH is 1. The van der Waals surface area contributed by atoms with Crippen molar-refractivity contribution < 1.29 is 9.90 Å². The molecule has 4 heteroatoms. The molecule has 1 amide bonds. The molecule has 0 aromatic carbocycles. The number of aliphatic hydroxyl groups is 1. The second kappa shape index (κ2) is 3.21. The van der Waals surface area contributed by atoms with Crippen LogP contribution in [0.25, 0.3) is 0 Å². The van der Waals surface area contributed by atoms with E-state index in [1.807, 2.05) is 39.6 Å². The van der Waals surface area contributed by atoms with Gasteiger partial charge >= 0.3 is 0 Å². The number of nitrogens with zero attached hydrogens (tertiary/aromatic N) is 2. The van der Waals surface area contributed by atoms with E-state index in [-0.39, 0.29) is 18.2 Å². The van der Waals surface area contributed by atoms with Crippen molar-refractivity contribution in [3.05, 3.63) is 0 Å². The lowest BCUT2D eigenvalue weighted by Crippen LogP contribution is -2.50. The largest absolute Gasteiger partial charge is 0.395 e. The Balaban J connectivity index is 3.04. The van der Waals surface area contributed by atoms with Crippen LogP contribution in [0.3, 0.4) is 0 Å². The summed E-state index contributed by atoms with van der Waals surface area (Å²) in [4.78, 5) is 15.8. The first-order valence-electron chi connectivity index (χ1n) is 4.93. The predicted molar refractivity (Wildman–Crippen MR) is 54.7 cm³/mol. The summed E-state index contributed by atoms with van der Waals surface area (Å²) in [7, 11) is 1.94. The molecule has 82 valence electrons. The molecule has 1 saturated heterocycles. The molecule has 14 heavy (non-hydrogen) atoms. The molecule has 0 aromatic rings. The van der Waals surface area contributed by atoms with Crippen molar-refractivity contribution in [1.82, 2.24) is 9.80 Å². The van der Waals surface area contributed by atoms with Crippen LogP contribution < -0.4 is 0 Å². The maximum Gasteiger partial charge on any atom is 0.244 e. The number of hydrogen-bond acceptors (Lipinski definition) is 3. The average molecular weight is 200 g/mol. The molecule has 4 nitrogen and oxygen atoms in total. The van der Waals surface area contributed by atoms with Crippen molar-refractivity contribution in [2.24, 2.45) is 0 Å². The standard InChI is InChI=1S/C10H20N2O2/c1-9(2)8(14)12(6-7-13)10(3,4)11(9)5/h13H,6-7H2,1-5H3. The number of rotatable bonds is 2. The van der Waals surface area contributed by atoms with Gasteiger partial charge in [-0.1, -0.05) is 0 Å². The Morgan fingerprint density at radius 1 is 1.29 bits per heavy atom. The Kier molecular flexibility index (Phi) is 2.63. The maximum atomic E-state index is 12.0. The Bertz CT molecular complexity index is 249. The van der Waals surface area contributed by atoms with Gasteiger partial charge in [0.2, 0.25) is 5.91 Å². The Morgan fingerprint density at radius 2 is 1.79 bits per heavy atom. The number of β-amino-alcohol motifs (C(OH)–C–C–N with tert-alkyl or cyclic N) is 1. The lowest BCUT2D eigenvalue weighted by molar-refractivity contribution is -0.134. The number of hydrogen-bond donors (Lipinski definition) is 1. The molecular weight excluding hydrogens is 180 g/mol. The van der Waals surface area contributed by atoms with Crippen LogP contribution in [0, 0.1) is 0 Å². The van der Waals surface area contributed by atoms with Crippen LogP contribution >= 0.6 is 0 Å². The van der Waals surface area contributed by atoms with Crippen LogP contribution in [0.5, 0.6) is 0 Å². The third-order valence-electron chi connectivity index (χ3n) is 3.41. The van der Waals surface area contributed by atoms with Crippen molar-refractivity contribution in [2.75, 3.05) is 20.2 Å². The van der Waals surface area contributed by atoms with Gasteiger partial charge in [-0.05, 0) is 34.7 Å². The number of amides is 1. The minimum absolute atomic E-state index is 0.0130. The highest BCUT2D eigenvalue weighted by molar-refractivity contribution is 5.88. The minimum Gasteiger partial charge on any atom is -0.395 e. The second-order valence-corrected chi connectivity index (χ2v) is 4.79. The lowest BCUT2D eigenvalue weighted by Gasteiger charge is -2.37. The Morgan fingerprint density at radius 3 is 2.07 bits per heavy atom. The van der Waals surface area contributed by atoms with Gasteiger partial charge in [0.15, 0.2) is 0 Å². The third-order valence-corrected chi connectivity index (χ3v) is 3.41. The summed E-state index contributed by atoms with van der Waals surface area (Å²) in [5, 5.41) is 8.92. The lowest BCUT2D eigenvalue weighted by atomic mass is 10.0. The molecule has 0 spiro atoms. The van der Waals surface area contributed by atoms with E-state index in [2.05, 4.69) is 0 Å². The van der Waals surface area contributed by atoms with E-state index in [4.69, 9.17) is 5.11 Å². The Labute approximate surface area is 85.5 Å². The smallest absolute Gasteiger partial charge is 0.244 e. The molecule has 1 heterocycles. The summed E-state index contributed by atoms with van der Waals surface area (Å²) >= 11 is 0. The number of carbonyl (C=O) groups is 1. The van der Waals surface area contributed by atoms with Gasteiger partial charge in [0.05, 0.1) is 17.8 Å².